The van der Waals surface area contributed by atoms with Gasteiger partial charge in [-0.3, -0.25) is 4.57 Å². The maximum Gasteiger partial charge on any atom is 0.268 e. The molecule has 0 atom stereocenters. The Morgan fingerprint density at radius 3 is 1.76 bits per heavy atom. The fourth-order valence-electron chi connectivity index (χ4n) is 10.4. The number of nitrogens with zero attached hydrogens (tertiary/aromatic N) is 4. The predicted molar refractivity (Wildman–Crippen MR) is 337 cm³/mol. The van der Waals surface area contributed by atoms with E-state index in [1.165, 1.54) is 0 Å². The van der Waals surface area contributed by atoms with Crippen molar-refractivity contribution in [2.24, 2.45) is 0 Å². The number of rotatable bonds is 9. The van der Waals surface area contributed by atoms with Crippen molar-refractivity contribution < 1.29 is 48.2 Å². The summed E-state index contributed by atoms with van der Waals surface area (Å²) in [6.45, 7) is 25.7. The van der Waals surface area contributed by atoms with E-state index in [1.807, 2.05) is 103 Å². The SMILES string of the molecule is [2H]c1c([2H])c([2H])c(-c2c([2H])c(-c3cccc(C(C)(C)C)c3-[n+]3[c-]n(-c4[c-]c(Oc5[c-]c6c(cc5)c5ccccc5n6-c5cc(C(C)(C)C)ccn5)ccc4)c4cc(-c5cc(C(C)(C)C)cc(C(C)(C)C)c5)ccc43)c([2H])c(-c3c([2H])c([2H])c([2H])c([2H])c3[2H])c2[2H])c([2H])c1[2H].[Pt]. The van der Waals surface area contributed by atoms with Crippen LogP contribution in [0.5, 0.6) is 11.5 Å². The van der Waals surface area contributed by atoms with Gasteiger partial charge in [0.05, 0.1) is 34.5 Å². The zero-order chi connectivity index (χ0) is 67.9. The largest absolute Gasteiger partial charge is 0.510 e. The number of imidazole rings is 1. The number of fused-ring (bicyclic) bond motifs is 4. The number of ether oxygens (including phenoxy) is 1. The molecule has 3 aromatic heterocycles. The second kappa shape index (κ2) is 21.3. The van der Waals surface area contributed by atoms with Crippen molar-refractivity contribution in [1.29, 1.82) is 0 Å². The Balaban J connectivity index is 0.00000919. The van der Waals surface area contributed by atoms with E-state index in [0.29, 0.717) is 39.5 Å². The van der Waals surface area contributed by atoms with Crippen LogP contribution in [-0.2, 0) is 42.7 Å². The first-order chi connectivity index (χ1) is 44.1. The summed E-state index contributed by atoms with van der Waals surface area (Å²) in [6, 6.07) is 38.0. The first-order valence-corrected chi connectivity index (χ1v) is 27.3. The van der Waals surface area contributed by atoms with E-state index in [1.54, 1.807) is 12.1 Å². The molecule has 0 saturated heterocycles. The van der Waals surface area contributed by atoms with Gasteiger partial charge in [-0.25, -0.2) is 4.98 Å². The quantitative estimate of drug-likeness (QED) is 0.107. The van der Waals surface area contributed by atoms with Crippen LogP contribution < -0.4 is 9.30 Å². The number of benzene rings is 9. The zero-order valence-corrected chi connectivity index (χ0v) is 50.4. The Kier molecular flexibility index (Phi) is 10.9. The van der Waals surface area contributed by atoms with Gasteiger partial charge in [-0.05, 0) is 142 Å². The van der Waals surface area contributed by atoms with Gasteiger partial charge < -0.3 is 13.9 Å². The number of para-hydroxylation sites is 2. The topological polar surface area (TPSA) is 35.9 Å². The molecule has 12 rings (SSSR count). The molecule has 0 N–H and O–H groups in total. The molecule has 0 spiro atoms. The van der Waals surface area contributed by atoms with Crippen molar-refractivity contribution in [3.05, 3.63) is 247 Å². The van der Waals surface area contributed by atoms with E-state index in [0.717, 1.165) is 55.4 Å². The Morgan fingerprint density at radius 2 is 1.11 bits per heavy atom. The molecule has 0 unspecified atom stereocenters. The van der Waals surface area contributed by atoms with Crippen LogP contribution in [-0.4, -0.2) is 14.1 Å². The van der Waals surface area contributed by atoms with Gasteiger partial charge in [-0.2, -0.15) is 18.2 Å². The van der Waals surface area contributed by atoms with Gasteiger partial charge in [0.15, 0.2) is 0 Å². The normalized spacial score (nSPS) is 14.5. The minimum absolute atomic E-state index is 0. The summed E-state index contributed by atoms with van der Waals surface area (Å²) in [5.41, 5.74) is 6.58. The number of hydrogen-bond acceptors (Lipinski definition) is 2. The fraction of sp³-hybridized carbons (Fsp3) is 0.211. The van der Waals surface area contributed by atoms with Gasteiger partial charge >= 0.3 is 0 Å². The van der Waals surface area contributed by atoms with E-state index >= 15 is 0 Å². The van der Waals surface area contributed by atoms with Crippen LogP contribution in [0.4, 0.5) is 0 Å². The summed E-state index contributed by atoms with van der Waals surface area (Å²) in [6.07, 6.45) is 5.53. The molecule has 0 aliphatic heterocycles. The van der Waals surface area contributed by atoms with E-state index < -0.39 is 106 Å². The van der Waals surface area contributed by atoms with Gasteiger partial charge in [-0.1, -0.05) is 216 Å². The summed E-state index contributed by atoms with van der Waals surface area (Å²) >= 11 is 0. The van der Waals surface area contributed by atoms with Crippen LogP contribution in [0.3, 0.4) is 0 Å². The Hall–Kier alpha value is -8.11. The minimum atomic E-state index is -0.743. The van der Waals surface area contributed by atoms with Crippen LogP contribution >= 0.6 is 0 Å². The first-order valence-electron chi connectivity index (χ1n) is 33.8. The second-order valence-electron chi connectivity index (χ2n) is 24.8. The molecule has 0 fully saturated rings. The summed E-state index contributed by atoms with van der Waals surface area (Å²) in [5, 5.41) is 2.00. The molecule has 5 nitrogen and oxygen atoms in total. The number of aromatic nitrogens is 4. The molecule has 82 heavy (non-hydrogen) atoms. The molecule has 0 aliphatic rings. The number of pyridine rings is 1. The molecule has 0 radical (unpaired) electrons. The molecule has 0 aliphatic carbocycles. The van der Waals surface area contributed by atoms with Crippen molar-refractivity contribution in [3.63, 3.8) is 0 Å². The average Bonchev–Trinajstić information content (AvgIpc) is 1.66. The van der Waals surface area contributed by atoms with E-state index in [2.05, 4.69) is 128 Å². The van der Waals surface area contributed by atoms with Crippen molar-refractivity contribution in [2.75, 3.05) is 0 Å². The van der Waals surface area contributed by atoms with Crippen LogP contribution in [0.25, 0.3) is 94.5 Å². The summed E-state index contributed by atoms with van der Waals surface area (Å²) in [5.74, 6) is 1.53. The standard InChI is InChI=1S/C76H70N4O.Pt/c1-73(2,3)57-37-38-77-71(46-57)80-67-32-20-19-29-64(67)65-35-34-62(48-69(65)80)81-61-28-21-27-60(47-61)78-49-79(68-36-33-52(44-70(68)78)55-42-58(74(4,5)6)45-59(43-55)75(7,8)9)72-63(30-22-31-66(72)76(10,11)12)56-40-53(50-23-15-13-16-24-50)39-54(41-56)51-25-17-14-18-26-51;/h13-46H,1-12H3;/q-2;/i13D,14D,15D,16D,17D,18D,23D,24D,25D,26D,39D,40D,41D;. The van der Waals surface area contributed by atoms with Gasteiger partial charge in [0.2, 0.25) is 0 Å². The van der Waals surface area contributed by atoms with Crippen LogP contribution in [0.1, 0.15) is 123 Å². The number of hydrogen-bond donors (Lipinski definition) is 0. The Bertz CT molecular complexity index is 4970. The minimum Gasteiger partial charge on any atom is -0.510 e. The molecular formula is C76H70N4OPt-2. The summed E-state index contributed by atoms with van der Waals surface area (Å²) in [4.78, 5) is 4.87. The first kappa shape index (κ1) is 41.8. The molecule has 3 heterocycles. The summed E-state index contributed by atoms with van der Waals surface area (Å²) in [7, 11) is 0. The van der Waals surface area contributed by atoms with Gasteiger partial charge in [0.1, 0.15) is 5.82 Å². The maximum atomic E-state index is 10.3. The van der Waals surface area contributed by atoms with Crippen molar-refractivity contribution in [3.8, 4) is 73.2 Å². The van der Waals surface area contributed by atoms with Crippen molar-refractivity contribution in [2.45, 2.75) is 105 Å². The van der Waals surface area contributed by atoms with Crippen LogP contribution in [0.2, 0.25) is 0 Å². The van der Waals surface area contributed by atoms with Crippen LogP contribution in [0.15, 0.2) is 206 Å². The smallest absolute Gasteiger partial charge is 0.268 e. The molecule has 6 heteroatoms. The van der Waals surface area contributed by atoms with Gasteiger partial charge in [0, 0.05) is 44.3 Å². The fourth-order valence-corrected chi connectivity index (χ4v) is 10.4. The van der Waals surface area contributed by atoms with Crippen molar-refractivity contribution >= 4 is 32.8 Å². The van der Waals surface area contributed by atoms with E-state index in [9.17, 15) is 9.60 Å². The molecule has 0 amide bonds. The second-order valence-corrected chi connectivity index (χ2v) is 24.8. The molecule has 0 bridgehead atoms. The maximum absolute atomic E-state index is 10.3. The Labute approximate surface area is 517 Å². The molecule has 412 valence electrons. The van der Waals surface area contributed by atoms with Crippen molar-refractivity contribution in [1.82, 2.24) is 14.1 Å². The molecular weight excluding hydrogens is 1180 g/mol. The third kappa shape index (κ3) is 10.8. The Morgan fingerprint density at radius 1 is 0.488 bits per heavy atom. The monoisotopic (exact) mass is 1260 g/mol. The van der Waals surface area contributed by atoms with Gasteiger partial charge in [0.25, 0.3) is 6.33 Å². The van der Waals surface area contributed by atoms with Gasteiger partial charge in [-0.15, -0.1) is 29.7 Å². The zero-order valence-electron chi connectivity index (χ0n) is 61.1. The molecule has 9 aromatic carbocycles. The third-order valence-electron chi connectivity index (χ3n) is 14.9. The third-order valence-corrected chi connectivity index (χ3v) is 14.9. The average molecular weight is 1260 g/mol. The predicted octanol–water partition coefficient (Wildman–Crippen LogP) is 19.4. The van der Waals surface area contributed by atoms with Crippen LogP contribution in [0, 0.1) is 18.5 Å². The van der Waals surface area contributed by atoms with E-state index in [4.69, 9.17) is 17.9 Å². The summed E-state index contributed by atoms with van der Waals surface area (Å²) < 4.78 is 132. The molecule has 12 aromatic rings. The molecule has 0 saturated carbocycles. The van der Waals surface area contributed by atoms with E-state index in [-0.39, 0.29) is 48.4 Å².